The number of hydrogen-bond donors (Lipinski definition) is 1. The Balaban J connectivity index is 1.91. The second-order valence-corrected chi connectivity index (χ2v) is 6.65. The Morgan fingerprint density at radius 3 is 2.64 bits per heavy atom. The number of likely N-dealkylation sites (tertiary alicyclic amines) is 1. The van der Waals surface area contributed by atoms with Gasteiger partial charge in [0.2, 0.25) is 11.8 Å². The van der Waals surface area contributed by atoms with E-state index in [2.05, 4.69) is 10.1 Å². The van der Waals surface area contributed by atoms with E-state index in [4.69, 9.17) is 0 Å². The number of esters is 1. The van der Waals surface area contributed by atoms with Crippen LogP contribution in [-0.4, -0.2) is 41.9 Å². The molecule has 2 rings (SSSR count). The fourth-order valence-corrected chi connectivity index (χ4v) is 3.05. The highest BCUT2D eigenvalue weighted by molar-refractivity contribution is 5.82. The van der Waals surface area contributed by atoms with E-state index >= 15 is 0 Å². The van der Waals surface area contributed by atoms with E-state index < -0.39 is 0 Å². The summed E-state index contributed by atoms with van der Waals surface area (Å²) in [5.41, 5.74) is 2.23. The molecule has 6 nitrogen and oxygen atoms in total. The maximum Gasteiger partial charge on any atom is 0.307 e. The number of carbonyl (C=O) groups excluding carboxylic acids is 3. The van der Waals surface area contributed by atoms with Gasteiger partial charge in [0.15, 0.2) is 0 Å². The summed E-state index contributed by atoms with van der Waals surface area (Å²) in [4.78, 5) is 37.4. The molecule has 136 valence electrons. The molecule has 0 bridgehead atoms. The summed E-state index contributed by atoms with van der Waals surface area (Å²) >= 11 is 0. The Kier molecular flexibility index (Phi) is 6.56. The SMILES string of the molecule is COC(=O)CC(C)NC(=O)CC1CCC(=O)N1Cc1ccc(C)cc1. The Morgan fingerprint density at radius 2 is 2.00 bits per heavy atom. The van der Waals surface area contributed by atoms with Crippen molar-refractivity contribution in [3.63, 3.8) is 0 Å². The second kappa shape index (κ2) is 8.65. The number of aryl methyl sites for hydroxylation is 1. The van der Waals surface area contributed by atoms with E-state index in [-0.39, 0.29) is 42.7 Å². The first-order valence-electron chi connectivity index (χ1n) is 8.60. The fourth-order valence-electron chi connectivity index (χ4n) is 3.05. The number of nitrogens with one attached hydrogen (secondary N) is 1. The fraction of sp³-hybridized carbons (Fsp3) is 0.526. The van der Waals surface area contributed by atoms with Crippen LogP contribution in [0.1, 0.15) is 43.7 Å². The minimum Gasteiger partial charge on any atom is -0.469 e. The van der Waals surface area contributed by atoms with Gasteiger partial charge in [-0.25, -0.2) is 0 Å². The van der Waals surface area contributed by atoms with Gasteiger partial charge in [-0.1, -0.05) is 29.8 Å². The van der Waals surface area contributed by atoms with E-state index in [9.17, 15) is 14.4 Å². The van der Waals surface area contributed by atoms with Gasteiger partial charge in [0.1, 0.15) is 0 Å². The van der Waals surface area contributed by atoms with Crippen LogP contribution >= 0.6 is 0 Å². The van der Waals surface area contributed by atoms with E-state index in [1.165, 1.54) is 12.7 Å². The van der Waals surface area contributed by atoms with Crippen LogP contribution in [0.15, 0.2) is 24.3 Å². The lowest BCUT2D eigenvalue weighted by Gasteiger charge is -2.25. The van der Waals surface area contributed by atoms with Crippen LogP contribution in [0.25, 0.3) is 0 Å². The topological polar surface area (TPSA) is 75.7 Å². The predicted octanol–water partition coefficient (Wildman–Crippen LogP) is 1.94. The van der Waals surface area contributed by atoms with Gasteiger partial charge < -0.3 is 15.0 Å². The van der Waals surface area contributed by atoms with Crippen LogP contribution in [0.4, 0.5) is 0 Å². The molecule has 25 heavy (non-hydrogen) atoms. The van der Waals surface area contributed by atoms with Gasteiger partial charge in [0.05, 0.1) is 13.5 Å². The maximum absolute atomic E-state index is 12.2. The molecule has 1 aromatic carbocycles. The summed E-state index contributed by atoms with van der Waals surface area (Å²) in [5, 5.41) is 2.80. The normalized spacial score (nSPS) is 18.1. The number of methoxy groups -OCH3 is 1. The molecule has 1 heterocycles. The van der Waals surface area contributed by atoms with Gasteiger partial charge in [0.25, 0.3) is 0 Å². The van der Waals surface area contributed by atoms with Crippen molar-refractivity contribution in [1.29, 1.82) is 0 Å². The minimum absolute atomic E-state index is 0.0842. The molecule has 1 saturated heterocycles. The smallest absolute Gasteiger partial charge is 0.307 e. The molecule has 0 radical (unpaired) electrons. The zero-order valence-corrected chi connectivity index (χ0v) is 15.1. The first-order chi connectivity index (χ1) is 11.9. The monoisotopic (exact) mass is 346 g/mol. The third-order valence-corrected chi connectivity index (χ3v) is 4.45. The molecule has 1 aromatic rings. The van der Waals surface area contributed by atoms with Crippen molar-refractivity contribution in [3.8, 4) is 0 Å². The molecule has 1 aliphatic rings. The number of ether oxygens (including phenoxy) is 1. The number of rotatable bonds is 7. The molecule has 2 atom stereocenters. The predicted molar refractivity (Wildman–Crippen MR) is 93.6 cm³/mol. The highest BCUT2D eigenvalue weighted by Gasteiger charge is 2.32. The average Bonchev–Trinajstić information content (AvgIpc) is 2.89. The van der Waals surface area contributed by atoms with Crippen LogP contribution in [0.5, 0.6) is 0 Å². The number of carbonyl (C=O) groups is 3. The number of nitrogens with zero attached hydrogens (tertiary/aromatic N) is 1. The van der Waals surface area contributed by atoms with Gasteiger partial charge in [-0.05, 0) is 25.8 Å². The number of amides is 2. The van der Waals surface area contributed by atoms with Gasteiger partial charge in [-0.2, -0.15) is 0 Å². The van der Waals surface area contributed by atoms with Gasteiger partial charge in [-0.3, -0.25) is 14.4 Å². The summed E-state index contributed by atoms with van der Waals surface area (Å²) in [6, 6.07) is 7.67. The lowest BCUT2D eigenvalue weighted by atomic mass is 10.1. The molecular weight excluding hydrogens is 320 g/mol. The van der Waals surface area contributed by atoms with Gasteiger partial charge in [0, 0.05) is 31.5 Å². The maximum atomic E-state index is 12.2. The van der Waals surface area contributed by atoms with E-state index in [1.54, 1.807) is 11.8 Å². The van der Waals surface area contributed by atoms with Crippen molar-refractivity contribution in [2.75, 3.05) is 7.11 Å². The van der Waals surface area contributed by atoms with E-state index in [0.717, 1.165) is 5.56 Å². The molecule has 2 unspecified atom stereocenters. The summed E-state index contributed by atoms with van der Waals surface area (Å²) < 4.78 is 4.60. The Hall–Kier alpha value is -2.37. The summed E-state index contributed by atoms with van der Waals surface area (Å²) in [7, 11) is 1.32. The highest BCUT2D eigenvalue weighted by atomic mass is 16.5. The molecule has 0 aromatic heterocycles. The number of benzene rings is 1. The molecule has 0 aliphatic carbocycles. The Labute approximate surface area is 148 Å². The van der Waals surface area contributed by atoms with Crippen LogP contribution < -0.4 is 5.32 Å². The number of hydrogen-bond acceptors (Lipinski definition) is 4. The molecule has 0 saturated carbocycles. The van der Waals surface area contributed by atoms with Crippen LogP contribution in [0.3, 0.4) is 0 Å². The van der Waals surface area contributed by atoms with E-state index in [0.29, 0.717) is 19.4 Å². The van der Waals surface area contributed by atoms with Gasteiger partial charge >= 0.3 is 5.97 Å². The summed E-state index contributed by atoms with van der Waals surface area (Å²) in [6.45, 7) is 4.31. The third-order valence-electron chi connectivity index (χ3n) is 4.45. The lowest BCUT2D eigenvalue weighted by molar-refractivity contribution is -0.141. The first kappa shape index (κ1) is 19.0. The van der Waals surface area contributed by atoms with Crippen LogP contribution in [0, 0.1) is 6.92 Å². The molecule has 1 aliphatic heterocycles. The van der Waals surface area contributed by atoms with Crippen molar-refractivity contribution in [2.24, 2.45) is 0 Å². The minimum atomic E-state index is -0.357. The van der Waals surface area contributed by atoms with Crippen molar-refractivity contribution in [1.82, 2.24) is 10.2 Å². The van der Waals surface area contributed by atoms with Gasteiger partial charge in [-0.15, -0.1) is 0 Å². The van der Waals surface area contributed by atoms with E-state index in [1.807, 2.05) is 31.2 Å². The van der Waals surface area contributed by atoms with Crippen LogP contribution in [-0.2, 0) is 25.7 Å². The summed E-state index contributed by atoms with van der Waals surface area (Å²) in [6.07, 6.45) is 1.55. The van der Waals surface area contributed by atoms with Crippen LogP contribution in [0.2, 0.25) is 0 Å². The Bertz CT molecular complexity index is 627. The zero-order chi connectivity index (χ0) is 18.4. The lowest BCUT2D eigenvalue weighted by Crippen LogP contribution is -2.40. The molecule has 6 heteroatoms. The molecular formula is C19H26N2O4. The van der Waals surface area contributed by atoms with Crippen molar-refractivity contribution >= 4 is 17.8 Å². The molecule has 2 amide bonds. The molecule has 1 N–H and O–H groups in total. The average molecular weight is 346 g/mol. The van der Waals surface area contributed by atoms with Crippen molar-refractivity contribution in [3.05, 3.63) is 35.4 Å². The molecule has 1 fully saturated rings. The largest absolute Gasteiger partial charge is 0.469 e. The third kappa shape index (κ3) is 5.59. The van der Waals surface area contributed by atoms with Crippen molar-refractivity contribution in [2.45, 2.75) is 58.2 Å². The van der Waals surface area contributed by atoms with Crippen molar-refractivity contribution < 1.29 is 19.1 Å². The zero-order valence-electron chi connectivity index (χ0n) is 15.1. The first-order valence-corrected chi connectivity index (χ1v) is 8.60. The Morgan fingerprint density at radius 1 is 1.32 bits per heavy atom. The second-order valence-electron chi connectivity index (χ2n) is 6.65. The quantitative estimate of drug-likeness (QED) is 0.766. The summed E-state index contributed by atoms with van der Waals surface area (Å²) in [5.74, 6) is -0.421. The highest BCUT2D eigenvalue weighted by Crippen LogP contribution is 2.24. The standard InChI is InChI=1S/C19H26N2O4/c1-13-4-6-15(7-5-13)12-21-16(8-9-18(21)23)11-17(22)20-14(2)10-19(24)25-3/h4-7,14,16H,8-12H2,1-3H3,(H,20,22). The molecule has 0 spiro atoms.